The van der Waals surface area contributed by atoms with Crippen molar-refractivity contribution in [3.63, 3.8) is 0 Å². The van der Waals surface area contributed by atoms with E-state index in [-0.39, 0.29) is 11.5 Å². The van der Waals surface area contributed by atoms with Crippen LogP contribution in [-0.2, 0) is 0 Å². The van der Waals surface area contributed by atoms with Gasteiger partial charge in [0, 0.05) is 20.4 Å². The molecule has 0 saturated carbocycles. The van der Waals surface area contributed by atoms with E-state index in [1.54, 1.807) is 24.3 Å². The number of Topliss-reactive ketones (excluding diaryl/α,β-unsaturated/α-hetero) is 1. The fourth-order valence-corrected chi connectivity index (χ4v) is 2.67. The van der Waals surface area contributed by atoms with E-state index in [2.05, 4.69) is 0 Å². The molecule has 0 atom stereocenters. The Morgan fingerprint density at radius 2 is 1.83 bits per heavy atom. The molecule has 0 amide bonds. The summed E-state index contributed by atoms with van der Waals surface area (Å²) in [5, 5.41) is 10.2. The van der Waals surface area contributed by atoms with Crippen molar-refractivity contribution in [1.82, 2.24) is 0 Å². The van der Waals surface area contributed by atoms with Gasteiger partial charge in [-0.15, -0.1) is 0 Å². The fraction of sp³-hybridized carbons (Fsp3) is 0.0714. The lowest BCUT2D eigenvalue weighted by Crippen LogP contribution is -1.94. The van der Waals surface area contributed by atoms with E-state index in [0.29, 0.717) is 10.6 Å². The van der Waals surface area contributed by atoms with E-state index in [0.717, 1.165) is 9.79 Å². The molecule has 0 aliphatic rings. The number of phenols is 1. The molecule has 0 bridgehead atoms. The zero-order chi connectivity index (χ0) is 13.1. The molecule has 18 heavy (non-hydrogen) atoms. The highest BCUT2D eigenvalue weighted by atomic mass is 35.5. The van der Waals surface area contributed by atoms with Gasteiger partial charge in [-0.25, -0.2) is 0 Å². The van der Waals surface area contributed by atoms with E-state index in [1.807, 2.05) is 12.1 Å². The van der Waals surface area contributed by atoms with Crippen LogP contribution in [-0.4, -0.2) is 10.9 Å². The molecule has 4 heteroatoms. The van der Waals surface area contributed by atoms with Crippen molar-refractivity contribution in [2.75, 3.05) is 0 Å². The predicted molar refractivity (Wildman–Crippen MR) is 73.7 cm³/mol. The Labute approximate surface area is 115 Å². The predicted octanol–water partition coefficient (Wildman–Crippen LogP) is 4.40. The quantitative estimate of drug-likeness (QED) is 0.846. The van der Waals surface area contributed by atoms with Gasteiger partial charge >= 0.3 is 0 Å². The number of ketones is 1. The molecule has 0 radical (unpaired) electrons. The summed E-state index contributed by atoms with van der Waals surface area (Å²) in [5.74, 6) is 0.128. The number of halogens is 1. The maximum atomic E-state index is 11.5. The van der Waals surface area contributed by atoms with Crippen LogP contribution in [0.5, 0.6) is 5.75 Å². The van der Waals surface area contributed by atoms with Gasteiger partial charge < -0.3 is 5.11 Å². The van der Waals surface area contributed by atoms with Crippen molar-refractivity contribution in [1.29, 1.82) is 0 Å². The van der Waals surface area contributed by atoms with Gasteiger partial charge in [-0.3, -0.25) is 4.79 Å². The molecule has 0 saturated heterocycles. The summed E-state index contributed by atoms with van der Waals surface area (Å²) >= 11 is 7.24. The smallest absolute Gasteiger partial charge is 0.160 e. The van der Waals surface area contributed by atoms with Gasteiger partial charge in [0.15, 0.2) is 5.78 Å². The molecule has 0 aliphatic carbocycles. The molecule has 2 nitrogen and oxygen atoms in total. The van der Waals surface area contributed by atoms with Crippen LogP contribution in [0.25, 0.3) is 0 Å². The van der Waals surface area contributed by atoms with Gasteiger partial charge in [0.25, 0.3) is 0 Å². The molecule has 0 aromatic heterocycles. The summed E-state index contributed by atoms with van der Waals surface area (Å²) in [7, 11) is 0. The lowest BCUT2D eigenvalue weighted by atomic mass is 10.1. The van der Waals surface area contributed by atoms with Gasteiger partial charge in [0.1, 0.15) is 5.75 Å². The van der Waals surface area contributed by atoms with Crippen LogP contribution in [0.4, 0.5) is 0 Å². The molecular weight excluding hydrogens is 268 g/mol. The highest BCUT2D eigenvalue weighted by Crippen LogP contribution is 2.33. The van der Waals surface area contributed by atoms with Gasteiger partial charge in [-0.2, -0.15) is 0 Å². The SMILES string of the molecule is CC(=O)c1ccc(O)cc1Sc1ccc(Cl)cc1. The number of rotatable bonds is 3. The van der Waals surface area contributed by atoms with Crippen LogP contribution in [0, 0.1) is 0 Å². The lowest BCUT2D eigenvalue weighted by molar-refractivity contribution is 0.101. The lowest BCUT2D eigenvalue weighted by Gasteiger charge is -2.07. The molecule has 2 aromatic carbocycles. The van der Waals surface area contributed by atoms with E-state index < -0.39 is 0 Å². The molecule has 0 aliphatic heterocycles. The van der Waals surface area contributed by atoms with E-state index in [9.17, 15) is 9.90 Å². The molecule has 1 N–H and O–H groups in total. The Morgan fingerprint density at radius 1 is 1.17 bits per heavy atom. The Balaban J connectivity index is 2.35. The number of hydrogen-bond acceptors (Lipinski definition) is 3. The first-order chi connectivity index (χ1) is 8.56. The monoisotopic (exact) mass is 278 g/mol. The van der Waals surface area contributed by atoms with Crippen LogP contribution in [0.2, 0.25) is 5.02 Å². The first-order valence-electron chi connectivity index (χ1n) is 5.33. The molecule has 0 fully saturated rings. The second-order valence-electron chi connectivity index (χ2n) is 3.79. The topological polar surface area (TPSA) is 37.3 Å². The summed E-state index contributed by atoms with van der Waals surface area (Å²) in [6.07, 6.45) is 0. The summed E-state index contributed by atoms with van der Waals surface area (Å²) < 4.78 is 0. The second kappa shape index (κ2) is 5.46. The molecule has 0 spiro atoms. The zero-order valence-corrected chi connectivity index (χ0v) is 11.3. The van der Waals surface area contributed by atoms with Crippen LogP contribution in [0.3, 0.4) is 0 Å². The third-order valence-electron chi connectivity index (χ3n) is 2.39. The molecule has 2 rings (SSSR count). The highest BCUT2D eigenvalue weighted by Gasteiger charge is 2.09. The number of benzene rings is 2. The number of phenolic OH excluding ortho intramolecular Hbond substituents is 1. The number of hydrogen-bond donors (Lipinski definition) is 1. The van der Waals surface area contributed by atoms with Crippen molar-refractivity contribution in [2.45, 2.75) is 16.7 Å². The Kier molecular flexibility index (Phi) is 3.94. The second-order valence-corrected chi connectivity index (χ2v) is 5.34. The van der Waals surface area contributed by atoms with Gasteiger partial charge in [-0.05, 0) is 49.4 Å². The number of carbonyl (C=O) groups excluding carboxylic acids is 1. The average Bonchev–Trinajstić information content (AvgIpc) is 2.32. The third-order valence-corrected chi connectivity index (χ3v) is 3.70. The van der Waals surface area contributed by atoms with E-state index >= 15 is 0 Å². The maximum Gasteiger partial charge on any atom is 0.160 e. The van der Waals surface area contributed by atoms with Crippen LogP contribution in [0.15, 0.2) is 52.3 Å². The van der Waals surface area contributed by atoms with Crippen LogP contribution >= 0.6 is 23.4 Å². The summed E-state index contributed by atoms with van der Waals surface area (Å²) in [6, 6.07) is 12.1. The number of carbonyl (C=O) groups is 1. The zero-order valence-electron chi connectivity index (χ0n) is 9.68. The summed E-state index contributed by atoms with van der Waals surface area (Å²) in [5.41, 5.74) is 0.604. The standard InChI is InChI=1S/C14H11ClO2S/c1-9(16)13-7-4-11(17)8-14(13)18-12-5-2-10(15)3-6-12/h2-8,17H,1H3. The Bertz CT molecular complexity index is 579. The molecule has 2 aromatic rings. The summed E-state index contributed by atoms with van der Waals surface area (Å²) in [6.45, 7) is 1.51. The van der Waals surface area contributed by atoms with Crippen LogP contribution < -0.4 is 0 Å². The molecule has 0 unspecified atom stereocenters. The van der Waals surface area contributed by atoms with Crippen LogP contribution in [0.1, 0.15) is 17.3 Å². The van der Waals surface area contributed by atoms with Gasteiger partial charge in [0.2, 0.25) is 0 Å². The minimum atomic E-state index is -0.0218. The molecule has 92 valence electrons. The number of aromatic hydroxyl groups is 1. The maximum absolute atomic E-state index is 11.5. The molecular formula is C14H11ClO2S. The summed E-state index contributed by atoms with van der Waals surface area (Å²) in [4.78, 5) is 13.2. The van der Waals surface area contributed by atoms with E-state index in [4.69, 9.17) is 11.6 Å². The van der Waals surface area contributed by atoms with Gasteiger partial charge in [0.05, 0.1) is 0 Å². The Hall–Kier alpha value is -1.45. The minimum Gasteiger partial charge on any atom is -0.508 e. The highest BCUT2D eigenvalue weighted by molar-refractivity contribution is 7.99. The van der Waals surface area contributed by atoms with Crippen molar-refractivity contribution in [3.05, 3.63) is 53.1 Å². The third kappa shape index (κ3) is 3.06. The average molecular weight is 279 g/mol. The van der Waals surface area contributed by atoms with E-state index in [1.165, 1.54) is 24.8 Å². The van der Waals surface area contributed by atoms with Crippen molar-refractivity contribution in [2.24, 2.45) is 0 Å². The van der Waals surface area contributed by atoms with Gasteiger partial charge in [-0.1, -0.05) is 23.4 Å². The molecule has 0 heterocycles. The fourth-order valence-electron chi connectivity index (χ4n) is 1.52. The Morgan fingerprint density at radius 3 is 2.44 bits per heavy atom. The normalized spacial score (nSPS) is 10.3. The largest absolute Gasteiger partial charge is 0.508 e. The first kappa shape index (κ1) is 13.0. The minimum absolute atomic E-state index is 0.0218. The van der Waals surface area contributed by atoms with Crippen molar-refractivity contribution >= 4 is 29.1 Å². The van der Waals surface area contributed by atoms with Crippen molar-refractivity contribution in [3.8, 4) is 5.75 Å². The first-order valence-corrected chi connectivity index (χ1v) is 6.53. The van der Waals surface area contributed by atoms with Crippen molar-refractivity contribution < 1.29 is 9.90 Å².